The van der Waals surface area contributed by atoms with Crippen molar-refractivity contribution in [1.82, 2.24) is 9.88 Å². The second-order valence-electron chi connectivity index (χ2n) is 7.03. The SMILES string of the molecule is CC(=O)N1CC2(CCN(c3ncc(C(=O)O)cc3Cl)CC2)C[C@@H]1C(=O)O. The second-order valence-corrected chi connectivity index (χ2v) is 7.43. The molecule has 140 valence electrons. The van der Waals surface area contributed by atoms with Gasteiger partial charge in [-0.2, -0.15) is 0 Å². The molecule has 2 aliphatic rings. The number of carbonyl (C=O) groups is 3. The fourth-order valence-electron chi connectivity index (χ4n) is 3.94. The van der Waals surface area contributed by atoms with Crippen LogP contribution < -0.4 is 4.90 Å². The first-order valence-corrected chi connectivity index (χ1v) is 8.74. The molecule has 2 aliphatic heterocycles. The van der Waals surface area contributed by atoms with Gasteiger partial charge in [0.25, 0.3) is 0 Å². The Bertz CT molecular complexity index is 737. The molecule has 1 atom stereocenters. The van der Waals surface area contributed by atoms with E-state index < -0.39 is 18.0 Å². The first kappa shape index (κ1) is 18.4. The normalized spacial score (nSPS) is 21.8. The number of likely N-dealkylation sites (tertiary alicyclic amines) is 1. The molecule has 2 fully saturated rings. The Kier molecular flexibility index (Phi) is 4.79. The number of halogens is 1. The Labute approximate surface area is 155 Å². The minimum Gasteiger partial charge on any atom is -0.480 e. The molecule has 2 N–H and O–H groups in total. The van der Waals surface area contributed by atoms with E-state index >= 15 is 0 Å². The van der Waals surface area contributed by atoms with Crippen molar-refractivity contribution in [3.05, 3.63) is 22.8 Å². The molecule has 2 saturated heterocycles. The smallest absolute Gasteiger partial charge is 0.337 e. The number of amides is 1. The summed E-state index contributed by atoms with van der Waals surface area (Å²) >= 11 is 6.19. The van der Waals surface area contributed by atoms with Crippen LogP contribution in [0.5, 0.6) is 0 Å². The molecule has 0 saturated carbocycles. The number of nitrogens with zero attached hydrogens (tertiary/aromatic N) is 3. The number of hydrogen-bond donors (Lipinski definition) is 2. The molecule has 9 heteroatoms. The average molecular weight is 382 g/mol. The average Bonchev–Trinajstić information content (AvgIpc) is 2.96. The van der Waals surface area contributed by atoms with Crippen LogP contribution in [0.25, 0.3) is 0 Å². The number of pyridine rings is 1. The number of aliphatic carboxylic acids is 1. The maximum absolute atomic E-state index is 11.8. The molecule has 26 heavy (non-hydrogen) atoms. The van der Waals surface area contributed by atoms with Crippen molar-refractivity contribution >= 4 is 35.3 Å². The highest BCUT2D eigenvalue weighted by Gasteiger charge is 2.49. The summed E-state index contributed by atoms with van der Waals surface area (Å²) < 4.78 is 0. The summed E-state index contributed by atoms with van der Waals surface area (Å²) in [5.41, 5.74) is -0.178. The monoisotopic (exact) mass is 381 g/mol. The molecular weight excluding hydrogens is 362 g/mol. The molecular formula is C17H20ClN3O5. The second kappa shape index (κ2) is 6.75. The van der Waals surface area contributed by atoms with Crippen molar-refractivity contribution < 1.29 is 24.6 Å². The van der Waals surface area contributed by atoms with Gasteiger partial charge in [0, 0.05) is 32.8 Å². The molecule has 1 aromatic rings. The van der Waals surface area contributed by atoms with E-state index in [1.54, 1.807) is 0 Å². The molecule has 0 aliphatic carbocycles. The van der Waals surface area contributed by atoms with Gasteiger partial charge in [0.15, 0.2) is 0 Å². The lowest BCUT2D eigenvalue weighted by molar-refractivity contribution is -0.147. The van der Waals surface area contributed by atoms with E-state index in [1.165, 1.54) is 24.1 Å². The number of carbonyl (C=O) groups excluding carboxylic acids is 1. The Balaban J connectivity index is 1.72. The standard InChI is InChI=1S/C17H20ClN3O5/c1-10(22)21-9-17(7-13(21)16(25)26)2-4-20(5-3-17)14-12(18)6-11(8-19-14)15(23)24/h6,8,13H,2-5,7,9H2,1H3,(H,23,24)(H,25,26)/t13-/m1/s1. The first-order valence-electron chi connectivity index (χ1n) is 8.36. The van der Waals surface area contributed by atoms with Crippen molar-refractivity contribution in [1.29, 1.82) is 0 Å². The van der Waals surface area contributed by atoms with Crippen molar-refractivity contribution in [3.8, 4) is 0 Å². The summed E-state index contributed by atoms with van der Waals surface area (Å²) in [6.07, 6.45) is 3.18. The topological polar surface area (TPSA) is 111 Å². The number of rotatable bonds is 3. The fraction of sp³-hybridized carbons (Fsp3) is 0.529. The van der Waals surface area contributed by atoms with Crippen LogP contribution in [0.1, 0.15) is 36.5 Å². The summed E-state index contributed by atoms with van der Waals surface area (Å²) in [5, 5.41) is 18.7. The predicted octanol–water partition coefficient (Wildman–Crippen LogP) is 1.73. The lowest BCUT2D eigenvalue weighted by atomic mass is 9.76. The van der Waals surface area contributed by atoms with Crippen LogP contribution in [0, 0.1) is 5.41 Å². The number of aromatic carboxylic acids is 1. The lowest BCUT2D eigenvalue weighted by Gasteiger charge is -2.39. The fourth-order valence-corrected chi connectivity index (χ4v) is 4.23. The number of hydrogen-bond acceptors (Lipinski definition) is 5. The van der Waals surface area contributed by atoms with Crippen molar-refractivity contribution in [3.63, 3.8) is 0 Å². The minimum atomic E-state index is -1.08. The summed E-state index contributed by atoms with van der Waals surface area (Å²) in [7, 11) is 0. The maximum atomic E-state index is 11.8. The van der Waals surface area contributed by atoms with Crippen LogP contribution in [-0.4, -0.2) is 63.6 Å². The molecule has 0 radical (unpaired) electrons. The third-order valence-electron chi connectivity index (χ3n) is 5.39. The van der Waals surface area contributed by atoms with Gasteiger partial charge in [-0.3, -0.25) is 4.79 Å². The summed E-state index contributed by atoms with van der Waals surface area (Å²) in [6, 6.07) is 0.611. The molecule has 3 rings (SSSR count). The van der Waals surface area contributed by atoms with Gasteiger partial charge in [0.05, 0.1) is 10.6 Å². The zero-order valence-corrected chi connectivity index (χ0v) is 15.1. The molecule has 0 aromatic carbocycles. The molecule has 1 spiro atoms. The van der Waals surface area contributed by atoms with Crippen LogP contribution in [0.3, 0.4) is 0 Å². The Hall–Kier alpha value is -2.35. The van der Waals surface area contributed by atoms with Crippen LogP contribution >= 0.6 is 11.6 Å². The Morgan fingerprint density at radius 3 is 2.38 bits per heavy atom. The van der Waals surface area contributed by atoms with Gasteiger partial charge >= 0.3 is 11.9 Å². The van der Waals surface area contributed by atoms with E-state index in [0.717, 1.165) is 12.8 Å². The van der Waals surface area contributed by atoms with Crippen molar-refractivity contribution in [2.24, 2.45) is 5.41 Å². The zero-order chi connectivity index (χ0) is 19.1. The van der Waals surface area contributed by atoms with Gasteiger partial charge in [0.1, 0.15) is 11.9 Å². The van der Waals surface area contributed by atoms with Gasteiger partial charge in [-0.1, -0.05) is 11.6 Å². The van der Waals surface area contributed by atoms with E-state index in [0.29, 0.717) is 31.9 Å². The van der Waals surface area contributed by atoms with Crippen LogP contribution in [0.15, 0.2) is 12.3 Å². The number of carboxylic acids is 2. The molecule has 0 bridgehead atoms. The van der Waals surface area contributed by atoms with Gasteiger partial charge in [0.2, 0.25) is 5.91 Å². The largest absolute Gasteiger partial charge is 0.480 e. The zero-order valence-electron chi connectivity index (χ0n) is 14.3. The number of aromatic nitrogens is 1. The molecule has 0 unspecified atom stereocenters. The summed E-state index contributed by atoms with van der Waals surface area (Å²) in [5.74, 6) is -1.74. The highest BCUT2D eigenvalue weighted by atomic mass is 35.5. The maximum Gasteiger partial charge on any atom is 0.337 e. The van der Waals surface area contributed by atoms with E-state index in [4.69, 9.17) is 16.7 Å². The Morgan fingerprint density at radius 2 is 1.92 bits per heavy atom. The molecule has 1 aromatic heterocycles. The van der Waals surface area contributed by atoms with Gasteiger partial charge < -0.3 is 20.0 Å². The van der Waals surface area contributed by atoms with E-state index in [1.807, 2.05) is 4.90 Å². The lowest BCUT2D eigenvalue weighted by Crippen LogP contribution is -2.42. The van der Waals surface area contributed by atoms with Crippen molar-refractivity contribution in [2.45, 2.75) is 32.2 Å². The van der Waals surface area contributed by atoms with Gasteiger partial charge in [-0.15, -0.1) is 0 Å². The van der Waals surface area contributed by atoms with Crippen molar-refractivity contribution in [2.75, 3.05) is 24.5 Å². The summed E-state index contributed by atoms with van der Waals surface area (Å²) in [4.78, 5) is 41.9. The van der Waals surface area contributed by atoms with E-state index in [2.05, 4.69) is 4.98 Å². The van der Waals surface area contributed by atoms with E-state index in [-0.39, 0.29) is 21.9 Å². The van der Waals surface area contributed by atoms with Crippen LogP contribution in [-0.2, 0) is 9.59 Å². The third kappa shape index (κ3) is 3.33. The highest BCUT2D eigenvalue weighted by molar-refractivity contribution is 6.33. The quantitative estimate of drug-likeness (QED) is 0.819. The number of anilines is 1. The van der Waals surface area contributed by atoms with Crippen LogP contribution in [0.4, 0.5) is 5.82 Å². The highest BCUT2D eigenvalue weighted by Crippen LogP contribution is 2.44. The molecule has 1 amide bonds. The van der Waals surface area contributed by atoms with Crippen LogP contribution in [0.2, 0.25) is 5.02 Å². The first-order chi connectivity index (χ1) is 12.2. The molecule has 3 heterocycles. The number of carboxylic acid groups (broad SMARTS) is 2. The Morgan fingerprint density at radius 1 is 1.27 bits per heavy atom. The predicted molar refractivity (Wildman–Crippen MR) is 93.5 cm³/mol. The summed E-state index contributed by atoms with van der Waals surface area (Å²) in [6.45, 7) is 3.10. The van der Waals surface area contributed by atoms with E-state index in [9.17, 15) is 19.5 Å². The molecule has 8 nitrogen and oxygen atoms in total. The van der Waals surface area contributed by atoms with Gasteiger partial charge in [-0.05, 0) is 30.7 Å². The van der Waals surface area contributed by atoms with Gasteiger partial charge in [-0.25, -0.2) is 14.6 Å². The number of piperidine rings is 1. The third-order valence-corrected chi connectivity index (χ3v) is 5.67. The minimum absolute atomic E-state index is 0.0319.